The van der Waals surface area contributed by atoms with Crippen molar-refractivity contribution in [1.29, 1.82) is 5.26 Å². The van der Waals surface area contributed by atoms with E-state index in [4.69, 9.17) is 5.26 Å². The monoisotopic (exact) mass is 318 g/mol. The molecule has 0 spiro atoms. The molecule has 2 fully saturated rings. The number of piperazine rings is 1. The van der Waals surface area contributed by atoms with Crippen LogP contribution >= 0.6 is 0 Å². The van der Waals surface area contributed by atoms with E-state index in [1.54, 1.807) is 18.7 Å². The van der Waals surface area contributed by atoms with E-state index < -0.39 is 0 Å². The lowest BCUT2D eigenvalue weighted by atomic mass is 10.2. The Morgan fingerprint density at radius 2 is 2.00 bits per heavy atom. The molecule has 0 N–H and O–H groups in total. The summed E-state index contributed by atoms with van der Waals surface area (Å²) < 4.78 is 1.90. The minimum Gasteiger partial charge on any atom is -0.350 e. The molecule has 0 aliphatic carbocycles. The van der Waals surface area contributed by atoms with Gasteiger partial charge in [-0.2, -0.15) is 5.26 Å². The Morgan fingerprint density at radius 3 is 2.75 bits per heavy atom. The van der Waals surface area contributed by atoms with Gasteiger partial charge < -0.3 is 9.80 Å². The summed E-state index contributed by atoms with van der Waals surface area (Å²) >= 11 is 0. The molecule has 3 aromatic rings. The van der Waals surface area contributed by atoms with Gasteiger partial charge in [0.2, 0.25) is 5.65 Å². The fourth-order valence-electron chi connectivity index (χ4n) is 3.78. The van der Waals surface area contributed by atoms with Crippen LogP contribution < -0.4 is 9.80 Å². The lowest BCUT2D eigenvalue weighted by molar-refractivity contribution is 0.635. The molecule has 8 nitrogen and oxygen atoms in total. The number of fused-ring (bicyclic) bond motifs is 3. The average molecular weight is 318 g/mol. The van der Waals surface area contributed by atoms with Gasteiger partial charge in [0.1, 0.15) is 18.2 Å². The molecule has 2 atom stereocenters. The minimum absolute atomic E-state index is 0.392. The zero-order chi connectivity index (χ0) is 16.1. The van der Waals surface area contributed by atoms with Gasteiger partial charge in [0.25, 0.3) is 0 Å². The van der Waals surface area contributed by atoms with E-state index >= 15 is 0 Å². The van der Waals surface area contributed by atoms with E-state index in [2.05, 4.69) is 36.0 Å². The molecule has 24 heavy (non-hydrogen) atoms. The molecule has 2 saturated heterocycles. The Morgan fingerprint density at radius 1 is 1.12 bits per heavy atom. The first-order valence-electron chi connectivity index (χ1n) is 7.87. The predicted molar refractivity (Wildman–Crippen MR) is 86.6 cm³/mol. The van der Waals surface area contributed by atoms with Gasteiger partial charge in [0.05, 0.1) is 17.6 Å². The number of anilines is 2. The molecule has 0 amide bonds. The fourth-order valence-corrected chi connectivity index (χ4v) is 3.78. The third kappa shape index (κ3) is 1.84. The molecule has 3 aromatic heterocycles. The molecular weight excluding hydrogens is 304 g/mol. The molecule has 5 rings (SSSR count). The maximum absolute atomic E-state index is 8.90. The van der Waals surface area contributed by atoms with Crippen LogP contribution in [-0.4, -0.2) is 49.7 Å². The first kappa shape index (κ1) is 13.2. The number of nitriles is 1. The topological polar surface area (TPSA) is 86.2 Å². The first-order valence-corrected chi connectivity index (χ1v) is 7.87. The van der Waals surface area contributed by atoms with Crippen LogP contribution in [0.3, 0.4) is 0 Å². The van der Waals surface area contributed by atoms with Gasteiger partial charge in [0.15, 0.2) is 5.82 Å². The minimum atomic E-state index is 0.392. The highest BCUT2D eigenvalue weighted by Gasteiger charge is 2.45. The quantitative estimate of drug-likeness (QED) is 0.692. The highest BCUT2D eigenvalue weighted by Crippen LogP contribution is 2.36. The van der Waals surface area contributed by atoms with Crippen molar-refractivity contribution < 1.29 is 0 Å². The lowest BCUT2D eigenvalue weighted by Crippen LogP contribution is -2.47. The molecule has 8 heteroatoms. The van der Waals surface area contributed by atoms with E-state index in [0.717, 1.165) is 36.8 Å². The smallest absolute Gasteiger partial charge is 0.203 e. The van der Waals surface area contributed by atoms with Crippen molar-refractivity contribution in [2.45, 2.75) is 18.5 Å². The Labute approximate surface area is 138 Å². The van der Waals surface area contributed by atoms with Crippen molar-refractivity contribution in [2.75, 3.05) is 22.9 Å². The molecule has 0 aromatic carbocycles. The van der Waals surface area contributed by atoms with Crippen LogP contribution in [0.5, 0.6) is 0 Å². The van der Waals surface area contributed by atoms with Crippen molar-refractivity contribution in [3.05, 3.63) is 42.6 Å². The van der Waals surface area contributed by atoms with Crippen LogP contribution in [0.4, 0.5) is 11.6 Å². The number of hydrogen-bond donors (Lipinski definition) is 0. The normalized spacial score (nSPS) is 22.3. The van der Waals surface area contributed by atoms with Crippen LogP contribution in [0.25, 0.3) is 5.65 Å². The largest absolute Gasteiger partial charge is 0.350 e. The summed E-state index contributed by atoms with van der Waals surface area (Å²) in [5, 5.41) is 17.1. The summed E-state index contributed by atoms with van der Waals surface area (Å²) in [5.74, 6) is 1.84. The van der Waals surface area contributed by atoms with Crippen molar-refractivity contribution in [1.82, 2.24) is 24.6 Å². The standard InChI is InChI=1S/C16H14N8/c17-6-11-1-2-14(19-7-11)23-8-13-5-12(23)9-24(13)15-16-21-20-10-22(16)4-3-18-15/h1-4,7,10,12-13H,5,8-9H2. The Bertz CT molecular complexity index is 941. The van der Waals surface area contributed by atoms with E-state index in [0.29, 0.717) is 17.6 Å². The molecule has 2 aliphatic heterocycles. The molecule has 2 bridgehead atoms. The van der Waals surface area contributed by atoms with Gasteiger partial charge in [-0.15, -0.1) is 10.2 Å². The van der Waals surface area contributed by atoms with Crippen molar-refractivity contribution in [3.8, 4) is 6.07 Å². The zero-order valence-corrected chi connectivity index (χ0v) is 12.8. The highest BCUT2D eigenvalue weighted by molar-refractivity contribution is 5.66. The summed E-state index contributed by atoms with van der Waals surface area (Å²) in [5.41, 5.74) is 1.39. The Balaban J connectivity index is 1.42. The number of hydrogen-bond acceptors (Lipinski definition) is 7. The summed E-state index contributed by atoms with van der Waals surface area (Å²) in [6, 6.07) is 6.66. The number of nitrogens with zero attached hydrogens (tertiary/aromatic N) is 8. The van der Waals surface area contributed by atoms with Crippen LogP contribution in [0.15, 0.2) is 37.1 Å². The number of aromatic nitrogens is 5. The summed E-state index contributed by atoms with van der Waals surface area (Å²) in [6.07, 6.45) is 8.07. The van der Waals surface area contributed by atoms with E-state index in [-0.39, 0.29) is 0 Å². The van der Waals surface area contributed by atoms with Crippen molar-refractivity contribution in [2.24, 2.45) is 0 Å². The highest BCUT2D eigenvalue weighted by atomic mass is 15.4. The van der Waals surface area contributed by atoms with Crippen LogP contribution in [0.1, 0.15) is 12.0 Å². The Hall–Kier alpha value is -3.21. The summed E-state index contributed by atoms with van der Waals surface area (Å²) in [6.45, 7) is 1.80. The second kappa shape index (κ2) is 4.89. The number of rotatable bonds is 2. The average Bonchev–Trinajstić information content (AvgIpc) is 3.36. The first-order chi connectivity index (χ1) is 11.8. The molecule has 118 valence electrons. The number of pyridine rings is 1. The maximum Gasteiger partial charge on any atom is 0.203 e. The molecule has 0 radical (unpaired) electrons. The van der Waals surface area contributed by atoms with Gasteiger partial charge in [-0.1, -0.05) is 0 Å². The van der Waals surface area contributed by atoms with Gasteiger partial charge in [-0.05, 0) is 18.6 Å². The van der Waals surface area contributed by atoms with Crippen LogP contribution in [0.2, 0.25) is 0 Å². The van der Waals surface area contributed by atoms with Crippen LogP contribution in [-0.2, 0) is 0 Å². The summed E-state index contributed by atoms with van der Waals surface area (Å²) in [7, 11) is 0. The van der Waals surface area contributed by atoms with E-state index in [1.807, 2.05) is 22.7 Å². The van der Waals surface area contributed by atoms with Gasteiger partial charge in [0, 0.05) is 31.7 Å². The molecule has 2 unspecified atom stereocenters. The second-order valence-corrected chi connectivity index (χ2v) is 6.18. The van der Waals surface area contributed by atoms with E-state index in [9.17, 15) is 0 Å². The van der Waals surface area contributed by atoms with Gasteiger partial charge in [-0.3, -0.25) is 4.40 Å². The molecule has 0 saturated carbocycles. The van der Waals surface area contributed by atoms with Gasteiger partial charge >= 0.3 is 0 Å². The third-order valence-electron chi connectivity index (χ3n) is 4.88. The Kier molecular flexibility index (Phi) is 2.70. The maximum atomic E-state index is 8.90. The second-order valence-electron chi connectivity index (χ2n) is 6.18. The van der Waals surface area contributed by atoms with Crippen molar-refractivity contribution >= 4 is 17.3 Å². The summed E-state index contributed by atoms with van der Waals surface area (Å²) in [4.78, 5) is 13.6. The van der Waals surface area contributed by atoms with Gasteiger partial charge in [-0.25, -0.2) is 9.97 Å². The molecule has 2 aliphatic rings. The zero-order valence-electron chi connectivity index (χ0n) is 12.8. The van der Waals surface area contributed by atoms with Crippen LogP contribution in [0, 0.1) is 11.3 Å². The van der Waals surface area contributed by atoms with Crippen molar-refractivity contribution in [3.63, 3.8) is 0 Å². The fraction of sp³-hybridized carbons (Fsp3) is 0.312. The SMILES string of the molecule is N#Cc1ccc(N2CC3CC2CN3c2nccn3cnnc23)nc1. The molecule has 5 heterocycles. The predicted octanol–water partition coefficient (Wildman–Crippen LogP) is 0.858. The third-order valence-corrected chi connectivity index (χ3v) is 4.88. The van der Waals surface area contributed by atoms with E-state index in [1.165, 1.54) is 0 Å². The lowest BCUT2D eigenvalue weighted by Gasteiger charge is -2.35. The molecular formula is C16H14N8.